The van der Waals surface area contributed by atoms with Gasteiger partial charge in [-0.25, -0.2) is 9.78 Å². The number of fused-ring (bicyclic) bond motifs is 1. The summed E-state index contributed by atoms with van der Waals surface area (Å²) in [6.07, 6.45) is 1.71. The van der Waals surface area contributed by atoms with E-state index in [0.717, 1.165) is 17.5 Å². The molecule has 0 fully saturated rings. The predicted molar refractivity (Wildman–Crippen MR) is 100 cm³/mol. The van der Waals surface area contributed by atoms with E-state index in [9.17, 15) is 14.7 Å². The van der Waals surface area contributed by atoms with Crippen LogP contribution in [0.4, 0.5) is 0 Å². The van der Waals surface area contributed by atoms with Crippen molar-refractivity contribution in [2.45, 2.75) is 39.2 Å². The molecule has 3 aromatic rings. The van der Waals surface area contributed by atoms with Gasteiger partial charge in [-0.05, 0) is 18.4 Å². The fourth-order valence-electron chi connectivity index (χ4n) is 3.06. The summed E-state index contributed by atoms with van der Waals surface area (Å²) in [5.41, 5.74) is 1.49. The molecule has 2 heterocycles. The number of aryl methyl sites for hydroxylation is 1. The zero-order chi connectivity index (χ0) is 18.0. The molecule has 25 heavy (non-hydrogen) atoms. The van der Waals surface area contributed by atoms with Crippen LogP contribution < -0.4 is 5.56 Å². The first-order valence-electron chi connectivity index (χ1n) is 8.39. The first kappa shape index (κ1) is 17.4. The standard InChI is InChI=1S/C19H20N2O3S/c1-3-8-15-20-17-16(18(22)21(15)14(4-2)19(23)24)13(11-25-17)12-9-6-5-7-10-12/h5-7,9-11,14H,3-4,8H2,1-2H3,(H,23,24). The molecular formula is C19H20N2O3S. The summed E-state index contributed by atoms with van der Waals surface area (Å²) >= 11 is 1.43. The summed E-state index contributed by atoms with van der Waals surface area (Å²) in [5, 5.41) is 12.0. The largest absolute Gasteiger partial charge is 0.480 e. The maximum Gasteiger partial charge on any atom is 0.326 e. The average molecular weight is 356 g/mol. The third-order valence-corrected chi connectivity index (χ3v) is 5.13. The van der Waals surface area contributed by atoms with E-state index in [2.05, 4.69) is 4.98 Å². The molecule has 0 aliphatic heterocycles. The summed E-state index contributed by atoms with van der Waals surface area (Å²) in [6, 6.07) is 8.75. The Balaban J connectivity index is 2.33. The number of nitrogens with zero attached hydrogens (tertiary/aromatic N) is 2. The third-order valence-electron chi connectivity index (χ3n) is 4.25. The Morgan fingerprint density at radius 1 is 1.28 bits per heavy atom. The van der Waals surface area contributed by atoms with Crippen molar-refractivity contribution in [1.29, 1.82) is 0 Å². The maximum atomic E-state index is 13.3. The molecule has 1 aromatic carbocycles. The van der Waals surface area contributed by atoms with Crippen LogP contribution in [0.2, 0.25) is 0 Å². The van der Waals surface area contributed by atoms with E-state index in [-0.39, 0.29) is 5.56 Å². The van der Waals surface area contributed by atoms with Crippen LogP contribution in [0, 0.1) is 0 Å². The van der Waals surface area contributed by atoms with Crippen molar-refractivity contribution < 1.29 is 9.90 Å². The van der Waals surface area contributed by atoms with E-state index >= 15 is 0 Å². The molecule has 0 radical (unpaired) electrons. The van der Waals surface area contributed by atoms with Crippen LogP contribution in [0.15, 0.2) is 40.5 Å². The number of carboxylic acid groups (broad SMARTS) is 1. The Hall–Kier alpha value is -2.47. The predicted octanol–water partition coefficient (Wildman–Crippen LogP) is 4.11. The molecular weight excluding hydrogens is 336 g/mol. The number of thiophene rings is 1. The Labute approximate surface area is 149 Å². The number of carboxylic acids is 1. The Morgan fingerprint density at radius 2 is 2.00 bits per heavy atom. The second kappa shape index (κ2) is 7.19. The fraction of sp³-hybridized carbons (Fsp3) is 0.316. The van der Waals surface area contributed by atoms with Crippen molar-refractivity contribution in [3.63, 3.8) is 0 Å². The minimum Gasteiger partial charge on any atom is -0.480 e. The van der Waals surface area contributed by atoms with Crippen LogP contribution in [0.25, 0.3) is 21.3 Å². The molecule has 1 atom stereocenters. The van der Waals surface area contributed by atoms with Crippen molar-refractivity contribution in [2.24, 2.45) is 0 Å². The third kappa shape index (κ3) is 3.09. The second-order valence-electron chi connectivity index (χ2n) is 5.91. The molecule has 0 amide bonds. The van der Waals surface area contributed by atoms with Gasteiger partial charge in [-0.3, -0.25) is 9.36 Å². The topological polar surface area (TPSA) is 72.2 Å². The smallest absolute Gasteiger partial charge is 0.326 e. The molecule has 0 spiro atoms. The zero-order valence-corrected chi connectivity index (χ0v) is 15.0. The van der Waals surface area contributed by atoms with Gasteiger partial charge in [0.2, 0.25) is 0 Å². The number of benzene rings is 1. The van der Waals surface area contributed by atoms with Crippen LogP contribution in [-0.4, -0.2) is 20.6 Å². The van der Waals surface area contributed by atoms with Gasteiger partial charge in [0.15, 0.2) is 0 Å². The summed E-state index contributed by atoms with van der Waals surface area (Å²) in [7, 11) is 0. The lowest BCUT2D eigenvalue weighted by Gasteiger charge is -2.18. The summed E-state index contributed by atoms with van der Waals surface area (Å²) in [4.78, 5) is 30.2. The molecule has 2 aromatic heterocycles. The molecule has 0 saturated heterocycles. The molecule has 130 valence electrons. The summed E-state index contributed by atoms with van der Waals surface area (Å²) in [5.74, 6) is -0.449. The molecule has 1 N–H and O–H groups in total. The highest BCUT2D eigenvalue weighted by Crippen LogP contribution is 2.31. The highest BCUT2D eigenvalue weighted by molar-refractivity contribution is 7.17. The molecule has 0 saturated carbocycles. The van der Waals surface area contributed by atoms with Gasteiger partial charge in [0.1, 0.15) is 16.7 Å². The van der Waals surface area contributed by atoms with Gasteiger partial charge >= 0.3 is 5.97 Å². The van der Waals surface area contributed by atoms with E-state index in [0.29, 0.717) is 28.9 Å². The molecule has 5 nitrogen and oxygen atoms in total. The monoisotopic (exact) mass is 356 g/mol. The quantitative estimate of drug-likeness (QED) is 0.721. The van der Waals surface area contributed by atoms with Crippen LogP contribution in [0.3, 0.4) is 0 Å². The van der Waals surface area contributed by atoms with Gasteiger partial charge in [0.05, 0.1) is 5.39 Å². The van der Waals surface area contributed by atoms with Crippen LogP contribution in [0.1, 0.15) is 38.6 Å². The number of hydrogen-bond acceptors (Lipinski definition) is 4. The minimum atomic E-state index is -1.00. The first-order valence-corrected chi connectivity index (χ1v) is 9.27. The molecule has 0 aliphatic carbocycles. The molecule has 0 bridgehead atoms. The second-order valence-corrected chi connectivity index (χ2v) is 6.77. The van der Waals surface area contributed by atoms with E-state index in [1.165, 1.54) is 15.9 Å². The molecule has 3 rings (SSSR count). The lowest BCUT2D eigenvalue weighted by molar-refractivity contribution is -0.141. The Morgan fingerprint density at radius 3 is 2.60 bits per heavy atom. The van der Waals surface area contributed by atoms with Crippen molar-refractivity contribution in [3.8, 4) is 11.1 Å². The van der Waals surface area contributed by atoms with E-state index in [1.54, 1.807) is 6.92 Å². The highest BCUT2D eigenvalue weighted by atomic mass is 32.1. The molecule has 6 heteroatoms. The molecule has 0 aliphatic rings. The number of rotatable bonds is 6. The Bertz CT molecular complexity index is 960. The van der Waals surface area contributed by atoms with Crippen LogP contribution in [0.5, 0.6) is 0 Å². The van der Waals surface area contributed by atoms with Gasteiger partial charge in [-0.15, -0.1) is 11.3 Å². The summed E-state index contributed by atoms with van der Waals surface area (Å²) in [6.45, 7) is 3.77. The average Bonchev–Trinajstić information content (AvgIpc) is 3.03. The minimum absolute atomic E-state index is 0.261. The zero-order valence-electron chi connectivity index (χ0n) is 14.2. The fourth-order valence-corrected chi connectivity index (χ4v) is 4.02. The van der Waals surface area contributed by atoms with Gasteiger partial charge < -0.3 is 5.11 Å². The van der Waals surface area contributed by atoms with E-state index in [1.807, 2.05) is 42.6 Å². The van der Waals surface area contributed by atoms with Gasteiger partial charge in [0.25, 0.3) is 5.56 Å². The normalized spacial score (nSPS) is 12.4. The van der Waals surface area contributed by atoms with Gasteiger partial charge in [-0.2, -0.15) is 0 Å². The van der Waals surface area contributed by atoms with Crippen molar-refractivity contribution >= 4 is 27.5 Å². The Kier molecular flexibility index (Phi) is 4.99. The lowest BCUT2D eigenvalue weighted by Crippen LogP contribution is -2.33. The number of carbonyl (C=O) groups is 1. The summed E-state index contributed by atoms with van der Waals surface area (Å²) < 4.78 is 1.38. The van der Waals surface area contributed by atoms with E-state index < -0.39 is 12.0 Å². The SMILES string of the molecule is CCCc1nc2scc(-c3ccccc3)c2c(=O)n1C(CC)C(=O)O. The van der Waals surface area contributed by atoms with Crippen LogP contribution >= 0.6 is 11.3 Å². The van der Waals surface area contributed by atoms with E-state index in [4.69, 9.17) is 0 Å². The number of aromatic nitrogens is 2. The van der Waals surface area contributed by atoms with Crippen molar-refractivity contribution in [2.75, 3.05) is 0 Å². The van der Waals surface area contributed by atoms with Crippen molar-refractivity contribution in [3.05, 3.63) is 51.9 Å². The highest BCUT2D eigenvalue weighted by Gasteiger charge is 2.25. The van der Waals surface area contributed by atoms with Crippen LogP contribution in [-0.2, 0) is 11.2 Å². The van der Waals surface area contributed by atoms with Gasteiger partial charge in [0, 0.05) is 17.4 Å². The maximum absolute atomic E-state index is 13.3. The number of aliphatic carboxylic acids is 1. The van der Waals surface area contributed by atoms with Gasteiger partial charge in [-0.1, -0.05) is 44.2 Å². The molecule has 1 unspecified atom stereocenters. The lowest BCUT2D eigenvalue weighted by atomic mass is 10.1. The number of hydrogen-bond donors (Lipinski definition) is 1. The van der Waals surface area contributed by atoms with Crippen molar-refractivity contribution in [1.82, 2.24) is 9.55 Å². The first-order chi connectivity index (χ1) is 12.1.